The van der Waals surface area contributed by atoms with Gasteiger partial charge in [0.2, 0.25) is 5.95 Å². The molecular formula is C15H15N5S. The topological polar surface area (TPSA) is 75.9 Å². The maximum absolute atomic E-state index is 5.45. The first-order valence-electron chi connectivity index (χ1n) is 6.88. The van der Waals surface area contributed by atoms with E-state index >= 15 is 0 Å². The molecule has 1 fully saturated rings. The van der Waals surface area contributed by atoms with Gasteiger partial charge in [0.25, 0.3) is 0 Å². The number of hydrazine groups is 1. The lowest BCUT2D eigenvalue weighted by molar-refractivity contribution is 1.03. The van der Waals surface area contributed by atoms with Crippen LogP contribution in [0.25, 0.3) is 10.2 Å². The van der Waals surface area contributed by atoms with Crippen molar-refractivity contribution < 1.29 is 0 Å². The normalized spacial score (nSPS) is 20.4. The summed E-state index contributed by atoms with van der Waals surface area (Å²) in [6.07, 6.45) is 1.13. The molecule has 2 unspecified atom stereocenters. The summed E-state index contributed by atoms with van der Waals surface area (Å²) in [6, 6.07) is 13.1. The summed E-state index contributed by atoms with van der Waals surface area (Å²) in [5.41, 5.74) is 3.91. The molecule has 2 aromatic heterocycles. The molecule has 0 saturated heterocycles. The molecule has 0 bridgehead atoms. The lowest BCUT2D eigenvalue weighted by atomic mass is 10.1. The number of nitrogen functional groups attached to an aromatic ring is 1. The molecule has 0 radical (unpaired) electrons. The fourth-order valence-corrected chi connectivity index (χ4v) is 3.39. The smallest absolute Gasteiger partial charge is 0.240 e. The summed E-state index contributed by atoms with van der Waals surface area (Å²) in [6.45, 7) is 0. The number of fused-ring (bicyclic) bond motifs is 1. The van der Waals surface area contributed by atoms with E-state index in [1.807, 2.05) is 17.5 Å². The average molecular weight is 297 g/mol. The molecular weight excluding hydrogens is 282 g/mol. The van der Waals surface area contributed by atoms with Crippen LogP contribution in [-0.4, -0.2) is 16.0 Å². The van der Waals surface area contributed by atoms with Crippen LogP contribution in [0.1, 0.15) is 17.9 Å². The minimum atomic E-state index is 0.427. The summed E-state index contributed by atoms with van der Waals surface area (Å²) >= 11 is 1.59. The Labute approximate surface area is 126 Å². The van der Waals surface area contributed by atoms with Crippen LogP contribution < -0.4 is 16.6 Å². The highest BCUT2D eigenvalue weighted by atomic mass is 32.1. The van der Waals surface area contributed by atoms with Crippen molar-refractivity contribution >= 4 is 33.3 Å². The molecule has 3 aromatic rings. The molecule has 6 heteroatoms. The number of hydrogen-bond acceptors (Lipinski definition) is 6. The Bertz CT molecular complexity index is 770. The van der Waals surface area contributed by atoms with E-state index in [-0.39, 0.29) is 0 Å². The Balaban J connectivity index is 1.60. The van der Waals surface area contributed by atoms with Gasteiger partial charge in [-0.2, -0.15) is 4.98 Å². The lowest BCUT2D eigenvalue weighted by Gasteiger charge is -2.08. The third-order valence-corrected chi connectivity index (χ3v) is 4.60. The monoisotopic (exact) mass is 297 g/mol. The summed E-state index contributed by atoms with van der Waals surface area (Å²) in [4.78, 5) is 9.74. The minimum absolute atomic E-state index is 0.427. The van der Waals surface area contributed by atoms with Gasteiger partial charge in [-0.3, -0.25) is 5.43 Å². The number of anilines is 2. The first kappa shape index (κ1) is 12.6. The van der Waals surface area contributed by atoms with E-state index in [1.54, 1.807) is 11.3 Å². The van der Waals surface area contributed by atoms with Crippen molar-refractivity contribution in [1.82, 2.24) is 9.97 Å². The van der Waals surface area contributed by atoms with Crippen molar-refractivity contribution in [3.63, 3.8) is 0 Å². The van der Waals surface area contributed by atoms with E-state index in [1.165, 1.54) is 5.56 Å². The number of benzene rings is 1. The molecule has 2 heterocycles. The van der Waals surface area contributed by atoms with Gasteiger partial charge >= 0.3 is 0 Å². The number of nitrogens with zero attached hydrogens (tertiary/aromatic N) is 2. The first-order chi connectivity index (χ1) is 10.3. The van der Waals surface area contributed by atoms with Crippen molar-refractivity contribution in [3.8, 4) is 0 Å². The van der Waals surface area contributed by atoms with Gasteiger partial charge in [-0.05, 0) is 23.4 Å². The Morgan fingerprint density at radius 1 is 1.14 bits per heavy atom. The summed E-state index contributed by atoms with van der Waals surface area (Å²) in [5.74, 6) is 7.31. The van der Waals surface area contributed by atoms with Crippen LogP contribution in [0.2, 0.25) is 0 Å². The van der Waals surface area contributed by atoms with E-state index in [4.69, 9.17) is 5.84 Å². The van der Waals surface area contributed by atoms with Crippen molar-refractivity contribution in [1.29, 1.82) is 0 Å². The molecule has 0 aliphatic heterocycles. The highest BCUT2D eigenvalue weighted by molar-refractivity contribution is 7.16. The minimum Gasteiger partial charge on any atom is -0.366 e. The van der Waals surface area contributed by atoms with Crippen LogP contribution in [0.4, 0.5) is 11.8 Å². The first-order valence-corrected chi connectivity index (χ1v) is 7.76. The third-order valence-electron chi connectivity index (χ3n) is 3.79. The van der Waals surface area contributed by atoms with E-state index in [9.17, 15) is 0 Å². The fraction of sp³-hybridized carbons (Fsp3) is 0.200. The second-order valence-electron chi connectivity index (χ2n) is 5.18. The predicted molar refractivity (Wildman–Crippen MR) is 86.4 cm³/mol. The maximum atomic E-state index is 5.45. The molecule has 0 spiro atoms. The second-order valence-corrected chi connectivity index (χ2v) is 6.08. The van der Waals surface area contributed by atoms with Gasteiger partial charge in [-0.25, -0.2) is 10.8 Å². The molecule has 21 heavy (non-hydrogen) atoms. The molecule has 5 nitrogen and oxygen atoms in total. The summed E-state index contributed by atoms with van der Waals surface area (Å²) < 4.78 is 0. The van der Waals surface area contributed by atoms with Crippen molar-refractivity contribution in [2.75, 3.05) is 10.7 Å². The molecule has 106 valence electrons. The highest BCUT2D eigenvalue weighted by Gasteiger charge is 2.38. The number of nitrogens with two attached hydrogens (primary N) is 1. The summed E-state index contributed by atoms with van der Waals surface area (Å²) in [5, 5.41) is 6.60. The van der Waals surface area contributed by atoms with Crippen LogP contribution in [0, 0.1) is 0 Å². The van der Waals surface area contributed by atoms with Crippen LogP contribution in [0.3, 0.4) is 0 Å². The quantitative estimate of drug-likeness (QED) is 0.510. The number of hydrogen-bond donors (Lipinski definition) is 3. The largest absolute Gasteiger partial charge is 0.366 e. The average Bonchev–Trinajstić information content (AvgIpc) is 3.12. The Kier molecular flexibility index (Phi) is 2.98. The van der Waals surface area contributed by atoms with Crippen molar-refractivity contribution in [3.05, 3.63) is 47.3 Å². The molecule has 4 N–H and O–H groups in total. The van der Waals surface area contributed by atoms with Gasteiger partial charge in [0.1, 0.15) is 10.6 Å². The third kappa shape index (κ3) is 2.32. The fourth-order valence-electron chi connectivity index (χ4n) is 2.63. The van der Waals surface area contributed by atoms with Crippen LogP contribution in [0.15, 0.2) is 41.8 Å². The Hall–Kier alpha value is -2.18. The van der Waals surface area contributed by atoms with Gasteiger partial charge in [0.15, 0.2) is 0 Å². The highest BCUT2D eigenvalue weighted by Crippen LogP contribution is 2.43. The molecule has 2 atom stereocenters. The number of rotatable bonds is 4. The van der Waals surface area contributed by atoms with E-state index in [2.05, 4.69) is 45.0 Å². The molecule has 1 aromatic carbocycles. The van der Waals surface area contributed by atoms with Crippen LogP contribution in [-0.2, 0) is 0 Å². The number of thiophene rings is 1. The maximum Gasteiger partial charge on any atom is 0.240 e. The lowest BCUT2D eigenvalue weighted by Crippen LogP contribution is -2.13. The Morgan fingerprint density at radius 3 is 2.81 bits per heavy atom. The zero-order valence-electron chi connectivity index (χ0n) is 11.3. The van der Waals surface area contributed by atoms with Crippen LogP contribution >= 0.6 is 11.3 Å². The number of aromatic nitrogens is 2. The summed E-state index contributed by atoms with van der Waals surface area (Å²) in [7, 11) is 0. The number of nitrogens with one attached hydrogen (secondary N) is 2. The molecule has 1 aliphatic carbocycles. The molecule has 1 aliphatic rings. The van der Waals surface area contributed by atoms with E-state index in [0.29, 0.717) is 17.9 Å². The standard InChI is InChI=1S/C15H15N5S/c16-20-15-18-13(10-6-7-21-14(10)19-15)17-12-8-11(12)9-4-2-1-3-5-9/h1-7,11-12H,8,16H2,(H2,17,18,19,20). The van der Waals surface area contributed by atoms with Gasteiger partial charge in [-0.15, -0.1) is 11.3 Å². The van der Waals surface area contributed by atoms with E-state index in [0.717, 1.165) is 22.5 Å². The van der Waals surface area contributed by atoms with E-state index < -0.39 is 0 Å². The zero-order valence-corrected chi connectivity index (χ0v) is 12.1. The van der Waals surface area contributed by atoms with Gasteiger partial charge in [-0.1, -0.05) is 30.3 Å². The SMILES string of the molecule is NNc1nc(NC2CC2c2ccccc2)c2ccsc2n1. The Morgan fingerprint density at radius 2 is 2.00 bits per heavy atom. The van der Waals surface area contributed by atoms with Crippen molar-refractivity contribution in [2.45, 2.75) is 18.4 Å². The van der Waals surface area contributed by atoms with Crippen LogP contribution in [0.5, 0.6) is 0 Å². The molecule has 0 amide bonds. The second kappa shape index (κ2) is 4.98. The van der Waals surface area contributed by atoms with Gasteiger partial charge in [0.05, 0.1) is 5.39 Å². The van der Waals surface area contributed by atoms with Crippen molar-refractivity contribution in [2.24, 2.45) is 5.84 Å². The zero-order chi connectivity index (χ0) is 14.2. The molecule has 4 rings (SSSR count). The predicted octanol–water partition coefficient (Wildman–Crippen LogP) is 2.94. The van der Waals surface area contributed by atoms with Gasteiger partial charge in [0, 0.05) is 12.0 Å². The van der Waals surface area contributed by atoms with Gasteiger partial charge < -0.3 is 5.32 Å². The molecule has 1 saturated carbocycles.